The van der Waals surface area contributed by atoms with Crippen LogP contribution in [0.4, 0.5) is 10.1 Å². The summed E-state index contributed by atoms with van der Waals surface area (Å²) in [6, 6.07) is 4.93. The molecule has 3 atom stereocenters. The number of carbonyl (C=O) groups excluding carboxylic acids is 1. The van der Waals surface area contributed by atoms with Crippen LogP contribution in [0, 0.1) is 11.7 Å². The zero-order valence-electron chi connectivity index (χ0n) is 11.8. The van der Waals surface area contributed by atoms with E-state index in [2.05, 4.69) is 0 Å². The van der Waals surface area contributed by atoms with Gasteiger partial charge in [0.1, 0.15) is 5.82 Å². The van der Waals surface area contributed by atoms with Crippen molar-refractivity contribution in [2.75, 3.05) is 11.4 Å². The highest BCUT2D eigenvalue weighted by atomic mass is 19.1. The molecule has 0 aromatic heterocycles. The number of aliphatic hydroxyl groups is 1. The lowest BCUT2D eigenvalue weighted by molar-refractivity contribution is -0.122. The van der Waals surface area contributed by atoms with Gasteiger partial charge < -0.3 is 15.7 Å². The normalized spacial score (nSPS) is 24.5. The second-order valence-electron chi connectivity index (χ2n) is 5.53. The lowest BCUT2D eigenvalue weighted by atomic mass is 9.91. The smallest absolute Gasteiger partial charge is 0.222 e. The predicted molar refractivity (Wildman–Crippen MR) is 75.8 cm³/mol. The second-order valence-corrected chi connectivity index (χ2v) is 5.53. The third-order valence-corrected chi connectivity index (χ3v) is 4.04. The Balaban J connectivity index is 2.38. The van der Waals surface area contributed by atoms with E-state index in [9.17, 15) is 14.3 Å². The van der Waals surface area contributed by atoms with E-state index in [0.29, 0.717) is 12.2 Å². The fraction of sp³-hybridized carbons (Fsp3) is 0.533. The molecule has 0 saturated carbocycles. The Morgan fingerprint density at radius 2 is 2.20 bits per heavy atom. The number of hydrogen-bond donors (Lipinski definition) is 2. The highest BCUT2D eigenvalue weighted by Crippen LogP contribution is 2.34. The van der Waals surface area contributed by atoms with Gasteiger partial charge in [-0.3, -0.25) is 4.79 Å². The molecule has 0 bridgehead atoms. The quantitative estimate of drug-likeness (QED) is 0.889. The van der Waals surface area contributed by atoms with Gasteiger partial charge in [0.05, 0.1) is 12.0 Å². The molecule has 3 unspecified atom stereocenters. The van der Waals surface area contributed by atoms with E-state index in [4.69, 9.17) is 5.73 Å². The molecule has 1 aliphatic rings. The van der Waals surface area contributed by atoms with Crippen LogP contribution in [0.1, 0.15) is 38.4 Å². The zero-order chi connectivity index (χ0) is 14.9. The van der Waals surface area contributed by atoms with Crippen LogP contribution in [-0.2, 0) is 4.79 Å². The first kappa shape index (κ1) is 14.8. The number of nitrogens with zero attached hydrogens (tertiary/aromatic N) is 1. The number of primary amides is 1. The molecule has 1 aliphatic heterocycles. The summed E-state index contributed by atoms with van der Waals surface area (Å²) in [6.45, 7) is 4.05. The van der Waals surface area contributed by atoms with E-state index in [-0.39, 0.29) is 23.4 Å². The van der Waals surface area contributed by atoms with Crippen molar-refractivity contribution in [2.24, 2.45) is 11.7 Å². The Hall–Kier alpha value is -1.62. The topological polar surface area (TPSA) is 66.6 Å². The van der Waals surface area contributed by atoms with Gasteiger partial charge in [0, 0.05) is 23.8 Å². The largest absolute Gasteiger partial charge is 0.389 e. The molecule has 1 fully saturated rings. The molecule has 20 heavy (non-hydrogen) atoms. The van der Waals surface area contributed by atoms with Crippen molar-refractivity contribution in [3.63, 3.8) is 0 Å². The van der Waals surface area contributed by atoms with Gasteiger partial charge in [-0.2, -0.15) is 0 Å². The molecular weight excluding hydrogens is 259 g/mol. The Kier molecular flexibility index (Phi) is 4.28. The summed E-state index contributed by atoms with van der Waals surface area (Å²) in [5.74, 6) is -0.973. The average molecular weight is 280 g/mol. The van der Waals surface area contributed by atoms with Crippen molar-refractivity contribution < 1.29 is 14.3 Å². The van der Waals surface area contributed by atoms with Crippen LogP contribution in [0.25, 0.3) is 0 Å². The number of piperidine rings is 1. The van der Waals surface area contributed by atoms with Gasteiger partial charge in [-0.25, -0.2) is 4.39 Å². The van der Waals surface area contributed by atoms with Gasteiger partial charge >= 0.3 is 0 Å². The highest BCUT2D eigenvalue weighted by molar-refractivity contribution is 5.78. The number of benzene rings is 1. The van der Waals surface area contributed by atoms with Gasteiger partial charge in [-0.05, 0) is 38.8 Å². The van der Waals surface area contributed by atoms with Gasteiger partial charge in [0.15, 0.2) is 0 Å². The number of halogens is 1. The number of carbonyl (C=O) groups is 1. The molecule has 2 rings (SSSR count). The maximum atomic E-state index is 14.0. The molecule has 0 radical (unpaired) electrons. The van der Waals surface area contributed by atoms with Crippen LogP contribution in [0.3, 0.4) is 0 Å². The van der Waals surface area contributed by atoms with Crippen LogP contribution in [0.2, 0.25) is 0 Å². The van der Waals surface area contributed by atoms with Gasteiger partial charge in [0.2, 0.25) is 5.91 Å². The van der Waals surface area contributed by atoms with Crippen LogP contribution in [-0.4, -0.2) is 23.6 Å². The maximum absolute atomic E-state index is 14.0. The average Bonchev–Trinajstić information content (AvgIpc) is 2.38. The summed E-state index contributed by atoms with van der Waals surface area (Å²) < 4.78 is 14.0. The van der Waals surface area contributed by atoms with Crippen molar-refractivity contribution in [3.05, 3.63) is 29.6 Å². The van der Waals surface area contributed by atoms with Crippen LogP contribution < -0.4 is 10.6 Å². The number of rotatable bonds is 3. The monoisotopic (exact) mass is 280 g/mol. The first-order chi connectivity index (χ1) is 9.41. The molecule has 1 amide bonds. The Morgan fingerprint density at radius 1 is 1.50 bits per heavy atom. The number of amides is 1. The third-order valence-electron chi connectivity index (χ3n) is 4.04. The van der Waals surface area contributed by atoms with Crippen molar-refractivity contribution in [1.82, 2.24) is 0 Å². The van der Waals surface area contributed by atoms with E-state index >= 15 is 0 Å². The maximum Gasteiger partial charge on any atom is 0.222 e. The first-order valence-electron chi connectivity index (χ1n) is 6.94. The highest BCUT2D eigenvalue weighted by Gasteiger charge is 2.31. The van der Waals surface area contributed by atoms with E-state index in [1.165, 1.54) is 6.07 Å². The summed E-state index contributed by atoms with van der Waals surface area (Å²) >= 11 is 0. The van der Waals surface area contributed by atoms with E-state index in [1.54, 1.807) is 19.1 Å². The van der Waals surface area contributed by atoms with Crippen molar-refractivity contribution in [1.29, 1.82) is 0 Å². The standard InChI is InChI=1S/C15H21FN2O2/c1-9-6-7-11(15(17)20)8-18(9)13-5-3-4-12(16)14(13)10(2)19/h3-5,9-11,19H,6-8H2,1-2H3,(H2,17,20). The van der Waals surface area contributed by atoms with E-state index in [1.807, 2.05) is 11.8 Å². The molecular formula is C15H21FN2O2. The van der Waals surface area contributed by atoms with Crippen molar-refractivity contribution in [2.45, 2.75) is 38.8 Å². The molecule has 1 heterocycles. The Morgan fingerprint density at radius 3 is 2.80 bits per heavy atom. The summed E-state index contributed by atoms with van der Waals surface area (Å²) in [5.41, 5.74) is 6.32. The molecule has 110 valence electrons. The minimum absolute atomic E-state index is 0.185. The zero-order valence-corrected chi connectivity index (χ0v) is 11.8. The molecule has 0 aliphatic carbocycles. The number of nitrogens with two attached hydrogens (primary N) is 1. The number of hydrogen-bond acceptors (Lipinski definition) is 3. The summed E-state index contributed by atoms with van der Waals surface area (Å²) in [7, 11) is 0. The lowest BCUT2D eigenvalue weighted by Crippen LogP contribution is -2.46. The minimum atomic E-state index is -0.896. The van der Waals surface area contributed by atoms with Gasteiger partial charge in [-0.15, -0.1) is 0 Å². The fourth-order valence-electron chi connectivity index (χ4n) is 2.86. The summed E-state index contributed by atoms with van der Waals surface area (Å²) in [5, 5.41) is 9.82. The molecule has 4 nitrogen and oxygen atoms in total. The molecule has 1 aromatic rings. The lowest BCUT2D eigenvalue weighted by Gasteiger charge is -2.40. The molecule has 3 N–H and O–H groups in total. The van der Waals surface area contributed by atoms with E-state index in [0.717, 1.165) is 12.8 Å². The van der Waals surface area contributed by atoms with E-state index < -0.39 is 11.9 Å². The second kappa shape index (κ2) is 5.79. The first-order valence-corrected chi connectivity index (χ1v) is 6.94. The number of aliphatic hydroxyl groups excluding tert-OH is 1. The van der Waals surface area contributed by atoms with Crippen LogP contribution in [0.5, 0.6) is 0 Å². The van der Waals surface area contributed by atoms with Crippen LogP contribution in [0.15, 0.2) is 18.2 Å². The summed E-state index contributed by atoms with van der Waals surface area (Å²) in [6.07, 6.45) is 0.683. The van der Waals surface area contributed by atoms with Crippen molar-refractivity contribution in [3.8, 4) is 0 Å². The SMILES string of the molecule is CC(O)c1c(F)cccc1N1CC(C(N)=O)CCC1C. The minimum Gasteiger partial charge on any atom is -0.389 e. The molecule has 0 spiro atoms. The Labute approximate surface area is 118 Å². The third kappa shape index (κ3) is 2.77. The summed E-state index contributed by atoms with van der Waals surface area (Å²) in [4.78, 5) is 13.4. The van der Waals surface area contributed by atoms with Gasteiger partial charge in [-0.1, -0.05) is 6.07 Å². The molecule has 1 aromatic carbocycles. The predicted octanol–water partition coefficient (Wildman–Crippen LogP) is 1.97. The van der Waals surface area contributed by atoms with Gasteiger partial charge in [0.25, 0.3) is 0 Å². The fourth-order valence-corrected chi connectivity index (χ4v) is 2.86. The molecule has 5 heteroatoms. The molecule has 1 saturated heterocycles. The number of anilines is 1. The van der Waals surface area contributed by atoms with Crippen molar-refractivity contribution >= 4 is 11.6 Å². The van der Waals surface area contributed by atoms with Crippen LogP contribution >= 0.6 is 0 Å². The Bertz CT molecular complexity index is 505.